The van der Waals surface area contributed by atoms with Crippen LogP contribution < -0.4 is 29.6 Å². The molecule has 0 aromatic rings. The van der Waals surface area contributed by atoms with Gasteiger partial charge in [-0.2, -0.15) is 0 Å². The Hall–Kier alpha value is -0.240. The molecule has 3 atom stereocenters. The Labute approximate surface area is 164 Å². The number of fused-ring (bicyclic) bond motifs is 1. The Bertz CT molecular complexity index is 512. The average Bonchev–Trinajstić information content (AvgIpc) is 2.60. The first kappa shape index (κ1) is 19.1. The first-order valence-electron chi connectivity index (χ1n) is 7.92. The Morgan fingerprint density at radius 2 is 1.96 bits per heavy atom. The van der Waals surface area contributed by atoms with Gasteiger partial charge in [0, 0.05) is 17.8 Å². The van der Waals surface area contributed by atoms with Gasteiger partial charge in [0.15, 0.2) is 6.04 Å². The summed E-state index contributed by atoms with van der Waals surface area (Å²) in [5, 5.41) is 9.25. The molecule has 3 heterocycles. The normalized spacial score (nSPS) is 33.0. The average molecular weight is 349 g/mol. The van der Waals surface area contributed by atoms with Gasteiger partial charge in [0.2, 0.25) is 0 Å². The number of aliphatic imine (C=N–C) groups is 1. The summed E-state index contributed by atoms with van der Waals surface area (Å²) < 4.78 is -0.473. The van der Waals surface area contributed by atoms with Crippen LogP contribution in [-0.2, 0) is 9.59 Å². The third-order valence-corrected chi connectivity index (χ3v) is 6.24. The summed E-state index contributed by atoms with van der Waals surface area (Å²) >= 11 is 1.55. The van der Waals surface area contributed by atoms with Gasteiger partial charge in [0.25, 0.3) is 5.91 Å². The minimum absolute atomic E-state index is 0. The van der Waals surface area contributed by atoms with Gasteiger partial charge in [-0.3, -0.25) is 9.79 Å². The number of nitrogens with zero attached hydrogens (tertiary/aromatic N) is 3. The van der Waals surface area contributed by atoms with Crippen molar-refractivity contribution in [1.29, 1.82) is 0 Å². The van der Waals surface area contributed by atoms with E-state index in [-0.39, 0.29) is 42.3 Å². The summed E-state index contributed by atoms with van der Waals surface area (Å²) in [6, 6.07) is -1.17. The summed E-state index contributed by atoms with van der Waals surface area (Å²) in [6.45, 7) is 5.76. The molecule has 0 radical (unpaired) electrons. The summed E-state index contributed by atoms with van der Waals surface area (Å²) in [4.78, 5) is 31.9. The van der Waals surface area contributed by atoms with Gasteiger partial charge in [-0.25, -0.2) is 4.79 Å². The molecule has 3 aliphatic heterocycles. The molecule has 3 aliphatic rings. The van der Waals surface area contributed by atoms with Crippen molar-refractivity contribution in [2.24, 2.45) is 4.99 Å². The number of hydrogen-bond donors (Lipinski definition) is 1. The fourth-order valence-corrected chi connectivity index (χ4v) is 5.13. The van der Waals surface area contributed by atoms with Crippen LogP contribution in [0.2, 0.25) is 0 Å². The van der Waals surface area contributed by atoms with Crippen LogP contribution in [0.4, 0.5) is 0 Å². The zero-order valence-electron chi connectivity index (χ0n) is 15.1. The molecule has 6 nitrogen and oxygen atoms in total. The third kappa shape index (κ3) is 3.57. The second-order valence-corrected chi connectivity index (χ2v) is 8.53. The molecule has 0 aliphatic carbocycles. The second kappa shape index (κ2) is 7.33. The van der Waals surface area contributed by atoms with Crippen molar-refractivity contribution in [2.75, 3.05) is 13.1 Å². The number of aliphatic carboxylic acids is 1. The third-order valence-electron chi connectivity index (χ3n) is 4.68. The van der Waals surface area contributed by atoms with Gasteiger partial charge in [0.05, 0.1) is 6.34 Å². The number of likely N-dealkylation sites (tertiary alicyclic amines) is 1. The van der Waals surface area contributed by atoms with Gasteiger partial charge in [-0.1, -0.05) is 12.8 Å². The van der Waals surface area contributed by atoms with Gasteiger partial charge in [-0.05, 0) is 26.7 Å². The number of carboxylic acids is 1. The zero-order chi connectivity index (χ0) is 15.9. The van der Waals surface area contributed by atoms with Crippen LogP contribution in [-0.4, -0.2) is 68.4 Å². The van der Waals surface area contributed by atoms with E-state index >= 15 is 0 Å². The number of amides is 1. The van der Waals surface area contributed by atoms with Crippen molar-refractivity contribution in [1.82, 2.24) is 9.80 Å². The monoisotopic (exact) mass is 349 g/mol. The van der Waals surface area contributed by atoms with E-state index in [1.54, 1.807) is 11.8 Å². The van der Waals surface area contributed by atoms with Crippen molar-refractivity contribution in [3.05, 3.63) is 0 Å². The van der Waals surface area contributed by atoms with E-state index in [1.807, 2.05) is 20.2 Å². The van der Waals surface area contributed by atoms with Gasteiger partial charge < -0.3 is 16.3 Å². The quantitative estimate of drug-likeness (QED) is 0.291. The molecular weight excluding hydrogens is 325 g/mol. The minimum atomic E-state index is -0.928. The van der Waals surface area contributed by atoms with E-state index in [4.69, 9.17) is 0 Å². The van der Waals surface area contributed by atoms with Crippen LogP contribution in [0.3, 0.4) is 0 Å². The topological polar surface area (TPSA) is 73.2 Å². The summed E-state index contributed by atoms with van der Waals surface area (Å²) in [5.74, 6) is -1.08. The smallest absolute Gasteiger partial charge is 1.00 e. The Balaban J connectivity index is 0.00000144. The van der Waals surface area contributed by atoms with Gasteiger partial charge in [0.1, 0.15) is 11.4 Å². The molecule has 8 heteroatoms. The molecule has 3 fully saturated rings. The molecule has 1 N–H and O–H groups in total. The molecule has 0 bridgehead atoms. The molecular formula is C15H24N3NaO3S. The van der Waals surface area contributed by atoms with E-state index in [2.05, 4.69) is 9.89 Å². The first-order valence-corrected chi connectivity index (χ1v) is 8.80. The molecule has 0 aromatic heterocycles. The minimum Gasteiger partial charge on any atom is -1.00 e. The predicted molar refractivity (Wildman–Crippen MR) is 87.2 cm³/mol. The Morgan fingerprint density at radius 3 is 2.52 bits per heavy atom. The van der Waals surface area contributed by atoms with Crippen LogP contribution in [0.5, 0.6) is 0 Å². The first-order chi connectivity index (χ1) is 10.4. The van der Waals surface area contributed by atoms with E-state index in [0.717, 1.165) is 13.1 Å². The molecule has 0 spiro atoms. The zero-order valence-corrected chi connectivity index (χ0v) is 16.9. The molecule has 0 unspecified atom stereocenters. The summed E-state index contributed by atoms with van der Waals surface area (Å²) in [5.41, 5.74) is 0. The number of carboxylic acid groups (broad SMARTS) is 1. The second-order valence-electron chi connectivity index (χ2n) is 6.76. The van der Waals surface area contributed by atoms with E-state index < -0.39 is 22.8 Å². The molecule has 3 rings (SSSR count). The number of β-lactam (4-membered cyclic amide) rings is 1. The number of carbonyl (C=O) groups is 2. The van der Waals surface area contributed by atoms with Crippen LogP contribution in [0.25, 0.3) is 0 Å². The van der Waals surface area contributed by atoms with E-state index in [9.17, 15) is 14.7 Å². The molecule has 23 heavy (non-hydrogen) atoms. The number of rotatable bonds is 3. The number of thioether (sulfide) groups is 1. The molecule has 1 amide bonds. The van der Waals surface area contributed by atoms with Crippen molar-refractivity contribution in [3.63, 3.8) is 0 Å². The van der Waals surface area contributed by atoms with Crippen molar-refractivity contribution >= 4 is 30.0 Å². The van der Waals surface area contributed by atoms with E-state index in [0.29, 0.717) is 0 Å². The van der Waals surface area contributed by atoms with Gasteiger partial charge in [-0.15, -0.1) is 11.8 Å². The Morgan fingerprint density at radius 1 is 1.35 bits per heavy atom. The van der Waals surface area contributed by atoms with Crippen LogP contribution in [0, 0.1) is 0 Å². The van der Waals surface area contributed by atoms with Crippen LogP contribution >= 0.6 is 11.8 Å². The molecule has 124 valence electrons. The molecule has 3 saturated heterocycles. The maximum Gasteiger partial charge on any atom is 1.00 e. The standard InChI is InChI=1S/C15H23N3O3S.Na.H/c1-15(2)11(14(20)21)18-12(19)10(13(18)22-15)16-9-17-7-5-3-4-6-8-17;;/h9-11,13H,3-8H2,1-2H3,(H,20,21);;/q;+1;-1/t10-,11+,13-;;/m1../s1. The van der Waals surface area contributed by atoms with Crippen molar-refractivity contribution in [2.45, 2.75) is 61.7 Å². The molecule has 0 aromatic carbocycles. The predicted octanol–water partition coefficient (Wildman–Crippen LogP) is -1.48. The van der Waals surface area contributed by atoms with E-state index in [1.165, 1.54) is 30.6 Å². The number of hydrogen-bond acceptors (Lipinski definition) is 4. The Kier molecular flexibility index (Phi) is 6.09. The molecule has 0 saturated carbocycles. The summed E-state index contributed by atoms with van der Waals surface area (Å²) in [6.07, 6.45) is 6.67. The van der Waals surface area contributed by atoms with Crippen molar-refractivity contribution < 1.29 is 45.7 Å². The fraction of sp³-hybridized carbons (Fsp3) is 0.800. The largest absolute Gasteiger partial charge is 1.00 e. The SMILES string of the molecule is CC1(C)S[C@@H]2[C@H](N=CN3CCCCCC3)C(=O)N2[C@H]1C(=O)O.[H-].[Na+]. The fourth-order valence-electron chi connectivity index (χ4n) is 3.51. The maximum absolute atomic E-state index is 12.3. The summed E-state index contributed by atoms with van der Waals surface area (Å²) in [7, 11) is 0. The number of carbonyl (C=O) groups excluding carboxylic acids is 1. The van der Waals surface area contributed by atoms with Crippen LogP contribution in [0.1, 0.15) is 41.0 Å². The van der Waals surface area contributed by atoms with Gasteiger partial charge >= 0.3 is 35.5 Å². The van der Waals surface area contributed by atoms with Crippen LogP contribution in [0.15, 0.2) is 4.99 Å². The maximum atomic E-state index is 12.3. The van der Waals surface area contributed by atoms with Crippen molar-refractivity contribution in [3.8, 4) is 0 Å².